The number of rotatable bonds is 3. The van der Waals surface area contributed by atoms with E-state index in [9.17, 15) is 4.79 Å². The van der Waals surface area contributed by atoms with E-state index in [1.165, 1.54) is 49.7 Å². The molecule has 4 aliphatic carbocycles. The van der Waals surface area contributed by atoms with E-state index in [1.807, 2.05) is 6.08 Å². The lowest BCUT2D eigenvalue weighted by atomic mass is 9.58. The lowest BCUT2D eigenvalue weighted by Crippen LogP contribution is -2.38. The Kier molecular flexibility index (Phi) is 3.97. The second-order valence-corrected chi connectivity index (χ2v) is 8.14. The minimum atomic E-state index is -0.336. The van der Waals surface area contributed by atoms with Crippen LogP contribution in [-0.2, 0) is 14.3 Å². The fraction of sp³-hybridized carbons (Fsp3) is 0.750. The predicted molar refractivity (Wildman–Crippen MR) is 88.9 cm³/mol. The number of ketones is 1. The molecule has 0 bridgehead atoms. The third-order valence-electron chi connectivity index (χ3n) is 6.97. The maximum absolute atomic E-state index is 12.3. The van der Waals surface area contributed by atoms with Gasteiger partial charge in [-0.2, -0.15) is 0 Å². The Morgan fingerprint density at radius 2 is 2.13 bits per heavy atom. The summed E-state index contributed by atoms with van der Waals surface area (Å²) in [6.45, 7) is 2.72. The number of ether oxygens (including phenoxy) is 2. The van der Waals surface area contributed by atoms with E-state index in [2.05, 4.69) is 6.92 Å². The van der Waals surface area contributed by atoms with Gasteiger partial charge < -0.3 is 9.47 Å². The van der Waals surface area contributed by atoms with Gasteiger partial charge in [-0.1, -0.05) is 18.9 Å². The lowest BCUT2D eigenvalue weighted by molar-refractivity contribution is -0.135. The summed E-state index contributed by atoms with van der Waals surface area (Å²) in [6, 6.07) is 0. The van der Waals surface area contributed by atoms with Gasteiger partial charge in [0, 0.05) is 13.5 Å². The standard InChI is InChI=1S/C20H28O3/c1-20-8-3-4-17(20)15-6-5-13-10-18(21)19(23-12-22-2)11-16(13)14(15)7-9-20/h10,15,17,19H,3-9,11-12H2,1-2H3/t15-,17+,19?,20+/m1/s1. The van der Waals surface area contributed by atoms with Crippen LogP contribution in [0.2, 0.25) is 0 Å². The normalized spacial score (nSPS) is 39.7. The molecular formula is C20H28O3. The molecule has 0 heterocycles. The SMILES string of the molecule is COCOC1CC2=C3CC[C@]4(C)CCC[C@H]4[C@@H]3CCC2=CC1=O. The van der Waals surface area contributed by atoms with E-state index in [1.54, 1.807) is 12.7 Å². The molecule has 0 aromatic rings. The molecule has 3 heteroatoms. The van der Waals surface area contributed by atoms with E-state index in [0.29, 0.717) is 5.41 Å². The van der Waals surface area contributed by atoms with Crippen LogP contribution in [-0.4, -0.2) is 25.8 Å². The molecule has 0 radical (unpaired) electrons. The van der Waals surface area contributed by atoms with Crippen molar-refractivity contribution in [1.82, 2.24) is 0 Å². The summed E-state index contributed by atoms with van der Waals surface area (Å²) in [7, 11) is 1.61. The molecule has 23 heavy (non-hydrogen) atoms. The molecule has 0 aromatic heterocycles. The molecule has 126 valence electrons. The maximum atomic E-state index is 12.3. The minimum Gasteiger partial charge on any atom is -0.359 e. The average Bonchev–Trinajstić information content (AvgIpc) is 2.94. The highest BCUT2D eigenvalue weighted by atomic mass is 16.7. The zero-order valence-electron chi connectivity index (χ0n) is 14.4. The van der Waals surface area contributed by atoms with Crippen molar-refractivity contribution in [2.45, 2.75) is 64.4 Å². The maximum Gasteiger partial charge on any atom is 0.185 e. The van der Waals surface area contributed by atoms with Gasteiger partial charge in [0.25, 0.3) is 0 Å². The summed E-state index contributed by atoms with van der Waals surface area (Å²) in [4.78, 5) is 12.3. The lowest BCUT2D eigenvalue weighted by Gasteiger charge is -2.47. The highest BCUT2D eigenvalue weighted by Crippen LogP contribution is 2.59. The molecule has 2 fully saturated rings. The monoisotopic (exact) mass is 316 g/mol. The van der Waals surface area contributed by atoms with Crippen LogP contribution in [0, 0.1) is 17.3 Å². The molecule has 4 rings (SSSR count). The molecule has 0 aromatic carbocycles. The van der Waals surface area contributed by atoms with Crippen LogP contribution in [0.15, 0.2) is 22.8 Å². The number of carbonyl (C=O) groups excluding carboxylic acids is 1. The Balaban J connectivity index is 1.65. The molecule has 4 atom stereocenters. The summed E-state index contributed by atoms with van der Waals surface area (Å²) < 4.78 is 10.6. The van der Waals surface area contributed by atoms with Gasteiger partial charge in [0.05, 0.1) is 0 Å². The minimum absolute atomic E-state index is 0.126. The number of methoxy groups -OCH3 is 1. The molecule has 0 amide bonds. The summed E-state index contributed by atoms with van der Waals surface area (Å²) in [6.07, 6.45) is 11.4. The quantitative estimate of drug-likeness (QED) is 0.733. The Hall–Kier alpha value is -0.930. The van der Waals surface area contributed by atoms with Gasteiger partial charge in [-0.3, -0.25) is 4.79 Å². The Morgan fingerprint density at radius 1 is 1.26 bits per heavy atom. The van der Waals surface area contributed by atoms with Crippen molar-refractivity contribution >= 4 is 5.78 Å². The van der Waals surface area contributed by atoms with E-state index >= 15 is 0 Å². The number of allylic oxidation sites excluding steroid dienone is 2. The van der Waals surface area contributed by atoms with Gasteiger partial charge in [0.15, 0.2) is 5.78 Å². The number of fused-ring (bicyclic) bond motifs is 4. The molecule has 3 nitrogen and oxygen atoms in total. The van der Waals surface area contributed by atoms with Gasteiger partial charge in [0.2, 0.25) is 0 Å². The average molecular weight is 316 g/mol. The Morgan fingerprint density at radius 3 is 2.96 bits per heavy atom. The van der Waals surface area contributed by atoms with Crippen LogP contribution in [0.25, 0.3) is 0 Å². The van der Waals surface area contributed by atoms with Gasteiger partial charge in [0.1, 0.15) is 12.9 Å². The van der Waals surface area contributed by atoms with E-state index in [-0.39, 0.29) is 18.7 Å². The summed E-state index contributed by atoms with van der Waals surface area (Å²) in [5, 5.41) is 0. The molecule has 0 saturated heterocycles. The first-order valence-electron chi connectivity index (χ1n) is 9.19. The van der Waals surface area contributed by atoms with Crippen molar-refractivity contribution < 1.29 is 14.3 Å². The van der Waals surface area contributed by atoms with Gasteiger partial charge >= 0.3 is 0 Å². The van der Waals surface area contributed by atoms with Gasteiger partial charge in [-0.25, -0.2) is 0 Å². The van der Waals surface area contributed by atoms with Crippen LogP contribution in [0.5, 0.6) is 0 Å². The van der Waals surface area contributed by atoms with E-state index < -0.39 is 0 Å². The van der Waals surface area contributed by atoms with E-state index in [4.69, 9.17) is 9.47 Å². The number of hydrogen-bond donors (Lipinski definition) is 0. The summed E-state index contributed by atoms with van der Waals surface area (Å²) in [5.41, 5.74) is 5.02. The Bertz CT molecular complexity index is 573. The second-order valence-electron chi connectivity index (χ2n) is 8.14. The molecule has 1 unspecified atom stereocenters. The van der Waals surface area contributed by atoms with Crippen molar-refractivity contribution in [3.8, 4) is 0 Å². The first-order chi connectivity index (χ1) is 11.1. The summed E-state index contributed by atoms with van der Waals surface area (Å²) in [5.74, 6) is 1.76. The van der Waals surface area contributed by atoms with Crippen LogP contribution < -0.4 is 0 Å². The largest absolute Gasteiger partial charge is 0.359 e. The highest BCUT2D eigenvalue weighted by molar-refractivity contribution is 5.96. The highest BCUT2D eigenvalue weighted by Gasteiger charge is 2.49. The first-order valence-corrected chi connectivity index (χ1v) is 9.19. The number of hydrogen-bond acceptors (Lipinski definition) is 3. The molecule has 0 aliphatic heterocycles. The van der Waals surface area contributed by atoms with Crippen LogP contribution >= 0.6 is 0 Å². The molecular weight excluding hydrogens is 288 g/mol. The molecule has 0 N–H and O–H groups in total. The van der Waals surface area contributed by atoms with Crippen LogP contribution in [0.1, 0.15) is 58.3 Å². The van der Waals surface area contributed by atoms with Crippen molar-refractivity contribution in [2.75, 3.05) is 13.9 Å². The molecule has 0 spiro atoms. The zero-order valence-corrected chi connectivity index (χ0v) is 14.4. The van der Waals surface area contributed by atoms with Crippen LogP contribution in [0.4, 0.5) is 0 Å². The fourth-order valence-electron chi connectivity index (χ4n) is 5.79. The van der Waals surface area contributed by atoms with Crippen LogP contribution in [0.3, 0.4) is 0 Å². The first kappa shape index (κ1) is 15.6. The molecule has 2 saturated carbocycles. The smallest absolute Gasteiger partial charge is 0.185 e. The van der Waals surface area contributed by atoms with Gasteiger partial charge in [-0.05, 0) is 73.0 Å². The Labute approximate surface area is 139 Å². The van der Waals surface area contributed by atoms with Crippen molar-refractivity contribution in [3.05, 3.63) is 22.8 Å². The van der Waals surface area contributed by atoms with Crippen molar-refractivity contribution in [2.24, 2.45) is 17.3 Å². The zero-order chi connectivity index (χ0) is 16.0. The summed E-state index contributed by atoms with van der Waals surface area (Å²) >= 11 is 0. The number of carbonyl (C=O) groups is 1. The fourth-order valence-corrected chi connectivity index (χ4v) is 5.79. The topological polar surface area (TPSA) is 35.5 Å². The van der Waals surface area contributed by atoms with Crippen molar-refractivity contribution in [1.29, 1.82) is 0 Å². The van der Waals surface area contributed by atoms with E-state index in [0.717, 1.165) is 24.7 Å². The van der Waals surface area contributed by atoms with Crippen molar-refractivity contribution in [3.63, 3.8) is 0 Å². The third-order valence-corrected chi connectivity index (χ3v) is 6.97. The third kappa shape index (κ3) is 2.53. The second kappa shape index (κ2) is 5.86. The molecule has 4 aliphatic rings. The van der Waals surface area contributed by atoms with Gasteiger partial charge in [-0.15, -0.1) is 0 Å². The predicted octanol–water partition coefficient (Wildman–Crippen LogP) is 4.18.